The summed E-state index contributed by atoms with van der Waals surface area (Å²) < 4.78 is 43.1. The molecule has 26 heavy (non-hydrogen) atoms. The zero-order valence-electron chi connectivity index (χ0n) is 15.2. The lowest BCUT2D eigenvalue weighted by atomic mass is 10.0. The topological polar surface area (TPSA) is 70.5 Å². The average molecular weight is 381 g/mol. The molecule has 1 aliphatic rings. The first-order valence-corrected chi connectivity index (χ1v) is 9.98. The van der Waals surface area contributed by atoms with Crippen LogP contribution < -0.4 is 9.62 Å². The van der Waals surface area contributed by atoms with Crippen molar-refractivity contribution in [1.82, 2.24) is 19.4 Å². The van der Waals surface area contributed by atoms with Crippen LogP contribution in [0.15, 0.2) is 35.5 Å². The number of hydrogen-bond acceptors (Lipinski definition) is 5. The van der Waals surface area contributed by atoms with E-state index in [2.05, 4.69) is 26.7 Å². The van der Waals surface area contributed by atoms with Gasteiger partial charge in [0.05, 0.1) is 6.20 Å². The number of halogens is 1. The quantitative estimate of drug-likeness (QED) is 0.847. The number of sulfonamides is 1. The molecular formula is C17H24FN5O2S. The highest BCUT2D eigenvalue weighted by Gasteiger charge is 2.24. The zero-order chi connectivity index (χ0) is 18.9. The van der Waals surface area contributed by atoms with Crippen LogP contribution in [0.25, 0.3) is 0 Å². The molecule has 0 spiro atoms. The van der Waals surface area contributed by atoms with Gasteiger partial charge in [0.15, 0.2) is 0 Å². The molecule has 0 bridgehead atoms. The van der Waals surface area contributed by atoms with Crippen molar-refractivity contribution in [1.29, 1.82) is 0 Å². The lowest BCUT2D eigenvalue weighted by Crippen LogP contribution is -2.45. The SMILES string of the molecule is CC(NS(=O)(=O)c1cnn(C)c1)c1cc(F)ccc1N1CCN(C)CC1. The molecule has 1 aromatic heterocycles. The van der Waals surface area contributed by atoms with Crippen molar-refractivity contribution in [3.8, 4) is 0 Å². The molecule has 0 radical (unpaired) electrons. The number of rotatable bonds is 5. The number of aromatic nitrogens is 2. The number of aryl methyl sites for hydroxylation is 1. The first-order valence-electron chi connectivity index (χ1n) is 8.50. The summed E-state index contributed by atoms with van der Waals surface area (Å²) >= 11 is 0. The molecule has 1 atom stereocenters. The summed E-state index contributed by atoms with van der Waals surface area (Å²) in [4.78, 5) is 4.49. The standard InChI is InChI=1S/C17H24FN5O2S/c1-13(20-26(24,25)15-11-19-22(3)12-15)16-10-14(18)4-5-17(16)23-8-6-21(2)7-9-23/h4-5,10-13,20H,6-9H2,1-3H3. The van der Waals surface area contributed by atoms with Gasteiger partial charge in [0.2, 0.25) is 10.0 Å². The normalized spacial score (nSPS) is 17.5. The molecule has 1 aliphatic heterocycles. The van der Waals surface area contributed by atoms with Gasteiger partial charge in [-0.2, -0.15) is 5.10 Å². The molecule has 1 N–H and O–H groups in total. The van der Waals surface area contributed by atoms with Crippen molar-refractivity contribution in [2.45, 2.75) is 17.9 Å². The maximum atomic E-state index is 13.9. The third kappa shape index (κ3) is 4.05. The second kappa shape index (κ2) is 7.34. The van der Waals surface area contributed by atoms with E-state index in [0.717, 1.165) is 31.9 Å². The predicted octanol–water partition coefficient (Wildman–Crippen LogP) is 1.35. The zero-order valence-corrected chi connectivity index (χ0v) is 16.0. The number of benzene rings is 1. The van der Waals surface area contributed by atoms with Crippen LogP contribution in [0.4, 0.5) is 10.1 Å². The van der Waals surface area contributed by atoms with E-state index in [1.807, 2.05) is 0 Å². The largest absolute Gasteiger partial charge is 0.369 e. The summed E-state index contributed by atoms with van der Waals surface area (Å²) in [6, 6.07) is 3.97. The van der Waals surface area contributed by atoms with Gasteiger partial charge in [-0.3, -0.25) is 4.68 Å². The maximum absolute atomic E-state index is 13.9. The number of hydrogen-bond donors (Lipinski definition) is 1. The van der Waals surface area contributed by atoms with Crippen LogP contribution in [0, 0.1) is 5.82 Å². The fraction of sp³-hybridized carbons (Fsp3) is 0.471. The highest BCUT2D eigenvalue weighted by Crippen LogP contribution is 2.29. The van der Waals surface area contributed by atoms with Gasteiger partial charge in [0.1, 0.15) is 10.7 Å². The van der Waals surface area contributed by atoms with E-state index in [1.165, 1.54) is 29.2 Å². The Morgan fingerprint density at radius 3 is 2.50 bits per heavy atom. The second-order valence-corrected chi connectivity index (χ2v) is 8.40. The first kappa shape index (κ1) is 18.8. The van der Waals surface area contributed by atoms with Crippen molar-refractivity contribution in [2.24, 2.45) is 7.05 Å². The summed E-state index contributed by atoms with van der Waals surface area (Å²) in [5, 5.41) is 3.90. The molecule has 3 rings (SSSR count). The van der Waals surface area contributed by atoms with Gasteiger partial charge in [-0.1, -0.05) is 0 Å². The van der Waals surface area contributed by atoms with Gasteiger partial charge < -0.3 is 9.80 Å². The highest BCUT2D eigenvalue weighted by atomic mass is 32.2. The Labute approximate surface area is 153 Å². The Morgan fingerprint density at radius 2 is 1.88 bits per heavy atom. The Balaban J connectivity index is 1.86. The van der Waals surface area contributed by atoms with E-state index in [-0.39, 0.29) is 10.7 Å². The molecule has 1 saturated heterocycles. The molecule has 2 aromatic rings. The lowest BCUT2D eigenvalue weighted by molar-refractivity contribution is 0.312. The van der Waals surface area contributed by atoms with Crippen LogP contribution >= 0.6 is 0 Å². The summed E-state index contributed by atoms with van der Waals surface area (Å²) in [7, 11) is -0.0221. The molecule has 2 heterocycles. The lowest BCUT2D eigenvalue weighted by Gasteiger charge is -2.36. The van der Waals surface area contributed by atoms with Crippen LogP contribution in [0.3, 0.4) is 0 Å². The molecule has 0 saturated carbocycles. The predicted molar refractivity (Wildman–Crippen MR) is 98.1 cm³/mol. The average Bonchev–Trinajstić information content (AvgIpc) is 3.03. The van der Waals surface area contributed by atoms with E-state index in [0.29, 0.717) is 5.56 Å². The molecular weight excluding hydrogens is 357 g/mol. The number of nitrogens with zero attached hydrogens (tertiary/aromatic N) is 4. The van der Waals surface area contributed by atoms with Gasteiger partial charge in [-0.05, 0) is 37.7 Å². The molecule has 7 nitrogen and oxygen atoms in total. The van der Waals surface area contributed by atoms with Crippen LogP contribution in [0.2, 0.25) is 0 Å². The van der Waals surface area contributed by atoms with Crippen molar-refractivity contribution >= 4 is 15.7 Å². The highest BCUT2D eigenvalue weighted by molar-refractivity contribution is 7.89. The molecule has 0 amide bonds. The molecule has 0 aliphatic carbocycles. The van der Waals surface area contributed by atoms with E-state index in [9.17, 15) is 12.8 Å². The van der Waals surface area contributed by atoms with Crippen LogP contribution in [-0.4, -0.2) is 56.3 Å². The van der Waals surface area contributed by atoms with E-state index in [4.69, 9.17) is 0 Å². The number of piperazine rings is 1. The van der Waals surface area contributed by atoms with Gasteiger partial charge in [0, 0.05) is 51.2 Å². The summed E-state index contributed by atoms with van der Waals surface area (Å²) in [5.41, 5.74) is 1.49. The van der Waals surface area contributed by atoms with Crippen LogP contribution in [0.5, 0.6) is 0 Å². The monoisotopic (exact) mass is 381 g/mol. The van der Waals surface area contributed by atoms with Crippen molar-refractivity contribution in [3.63, 3.8) is 0 Å². The second-order valence-electron chi connectivity index (χ2n) is 6.69. The Bertz CT molecular complexity index is 875. The fourth-order valence-electron chi connectivity index (χ4n) is 3.11. The molecule has 1 fully saturated rings. The van der Waals surface area contributed by atoms with Crippen molar-refractivity contribution in [3.05, 3.63) is 42.0 Å². The van der Waals surface area contributed by atoms with Gasteiger partial charge in [-0.25, -0.2) is 17.5 Å². The summed E-state index contributed by atoms with van der Waals surface area (Å²) in [5.74, 6) is -0.384. The molecule has 1 unspecified atom stereocenters. The van der Waals surface area contributed by atoms with E-state index >= 15 is 0 Å². The summed E-state index contributed by atoms with van der Waals surface area (Å²) in [6.45, 7) is 5.18. The molecule has 1 aromatic carbocycles. The van der Waals surface area contributed by atoms with Crippen molar-refractivity contribution < 1.29 is 12.8 Å². The van der Waals surface area contributed by atoms with E-state index < -0.39 is 16.1 Å². The minimum Gasteiger partial charge on any atom is -0.369 e. The van der Waals surface area contributed by atoms with Crippen molar-refractivity contribution in [2.75, 3.05) is 38.1 Å². The third-order valence-corrected chi connectivity index (χ3v) is 6.12. The fourth-order valence-corrected chi connectivity index (χ4v) is 4.32. The van der Waals surface area contributed by atoms with Gasteiger partial charge in [0.25, 0.3) is 0 Å². The number of likely N-dealkylation sites (N-methyl/N-ethyl adjacent to an activating group) is 1. The van der Waals surface area contributed by atoms with Gasteiger partial charge in [-0.15, -0.1) is 0 Å². The Kier molecular flexibility index (Phi) is 5.31. The number of anilines is 1. The molecule has 9 heteroatoms. The number of nitrogens with one attached hydrogen (secondary N) is 1. The Hall–Kier alpha value is -1.97. The molecule has 142 valence electrons. The first-order chi connectivity index (χ1) is 12.3. The summed E-state index contributed by atoms with van der Waals surface area (Å²) in [6.07, 6.45) is 2.73. The minimum absolute atomic E-state index is 0.0874. The van der Waals surface area contributed by atoms with Crippen LogP contribution in [0.1, 0.15) is 18.5 Å². The smallest absolute Gasteiger partial charge is 0.244 e. The maximum Gasteiger partial charge on any atom is 0.244 e. The minimum atomic E-state index is -3.74. The Morgan fingerprint density at radius 1 is 1.19 bits per heavy atom. The van der Waals surface area contributed by atoms with E-state index in [1.54, 1.807) is 20.0 Å². The van der Waals surface area contributed by atoms with Crippen LogP contribution in [-0.2, 0) is 17.1 Å². The third-order valence-electron chi connectivity index (χ3n) is 4.62. The van der Waals surface area contributed by atoms with Gasteiger partial charge >= 0.3 is 0 Å².